The molecule has 0 spiro atoms. The quantitative estimate of drug-likeness (QED) is 0.666. The van der Waals surface area contributed by atoms with Gasteiger partial charge in [0.25, 0.3) is 5.91 Å². The number of nitrogens with zero attached hydrogens (tertiary/aromatic N) is 1. The van der Waals surface area contributed by atoms with Crippen LogP contribution in [0.4, 0.5) is 0 Å². The molecule has 0 aliphatic carbocycles. The molecule has 0 unspecified atom stereocenters. The van der Waals surface area contributed by atoms with Crippen LogP contribution in [0.3, 0.4) is 0 Å². The number of carbonyl (C=O) groups is 1. The SMILES string of the molecule is CN(Cc1ccccc1)C(=S)NNC(=O)c1ccc(Cl)s1. The van der Waals surface area contributed by atoms with E-state index in [0.29, 0.717) is 20.9 Å². The van der Waals surface area contributed by atoms with Gasteiger partial charge in [0.05, 0.1) is 9.21 Å². The lowest BCUT2D eigenvalue weighted by molar-refractivity contribution is 0.0946. The number of carbonyl (C=O) groups excluding carboxylic acids is 1. The minimum atomic E-state index is -0.262. The van der Waals surface area contributed by atoms with E-state index in [1.54, 1.807) is 12.1 Å². The molecule has 21 heavy (non-hydrogen) atoms. The van der Waals surface area contributed by atoms with Crippen LogP contribution in [0.15, 0.2) is 42.5 Å². The number of halogens is 1. The summed E-state index contributed by atoms with van der Waals surface area (Å²) in [6, 6.07) is 13.3. The highest BCUT2D eigenvalue weighted by atomic mass is 35.5. The van der Waals surface area contributed by atoms with Gasteiger partial charge < -0.3 is 4.90 Å². The summed E-state index contributed by atoms with van der Waals surface area (Å²) in [5, 5.41) is 0.440. The molecule has 7 heteroatoms. The predicted octanol–water partition coefficient (Wildman–Crippen LogP) is 3.05. The lowest BCUT2D eigenvalue weighted by Crippen LogP contribution is -2.47. The molecule has 1 aromatic heterocycles. The Morgan fingerprint density at radius 2 is 1.95 bits per heavy atom. The van der Waals surface area contributed by atoms with E-state index in [4.69, 9.17) is 23.8 Å². The van der Waals surface area contributed by atoms with Gasteiger partial charge in [-0.1, -0.05) is 41.9 Å². The first-order valence-electron chi connectivity index (χ1n) is 6.17. The monoisotopic (exact) mass is 339 g/mol. The maximum Gasteiger partial charge on any atom is 0.279 e. The average molecular weight is 340 g/mol. The zero-order valence-corrected chi connectivity index (χ0v) is 13.7. The van der Waals surface area contributed by atoms with E-state index in [1.807, 2.05) is 42.3 Å². The second-order valence-corrected chi connectivity index (χ2v) is 6.43. The Kier molecular flexibility index (Phi) is 5.55. The number of nitrogens with one attached hydrogen (secondary N) is 2. The van der Waals surface area contributed by atoms with Gasteiger partial charge in [-0.3, -0.25) is 15.6 Å². The highest BCUT2D eigenvalue weighted by Gasteiger charge is 2.10. The molecular formula is C14H14ClN3OS2. The fourth-order valence-corrected chi connectivity index (χ4v) is 2.69. The van der Waals surface area contributed by atoms with Crippen molar-refractivity contribution < 1.29 is 4.79 Å². The summed E-state index contributed by atoms with van der Waals surface area (Å²) >= 11 is 12.2. The van der Waals surface area contributed by atoms with Crippen LogP contribution in [0.2, 0.25) is 4.34 Å². The van der Waals surface area contributed by atoms with E-state index < -0.39 is 0 Å². The Morgan fingerprint density at radius 3 is 2.57 bits per heavy atom. The molecule has 1 amide bonds. The third-order valence-electron chi connectivity index (χ3n) is 2.69. The summed E-state index contributed by atoms with van der Waals surface area (Å²) < 4.78 is 0.573. The lowest BCUT2D eigenvalue weighted by Gasteiger charge is -2.21. The van der Waals surface area contributed by atoms with Crippen molar-refractivity contribution in [1.82, 2.24) is 15.8 Å². The van der Waals surface area contributed by atoms with Crippen molar-refractivity contribution in [2.75, 3.05) is 7.05 Å². The molecule has 0 fully saturated rings. The van der Waals surface area contributed by atoms with Gasteiger partial charge in [0.15, 0.2) is 5.11 Å². The number of rotatable bonds is 3. The van der Waals surface area contributed by atoms with Crippen molar-refractivity contribution in [2.24, 2.45) is 0 Å². The van der Waals surface area contributed by atoms with Crippen molar-refractivity contribution in [3.63, 3.8) is 0 Å². The first-order valence-corrected chi connectivity index (χ1v) is 7.77. The first kappa shape index (κ1) is 15.8. The van der Waals surface area contributed by atoms with Crippen molar-refractivity contribution in [3.05, 3.63) is 57.2 Å². The normalized spacial score (nSPS) is 10.0. The number of hydrazine groups is 1. The Labute approximate surface area is 137 Å². The summed E-state index contributed by atoms with van der Waals surface area (Å²) in [5.41, 5.74) is 6.43. The van der Waals surface area contributed by atoms with Crippen molar-refractivity contribution in [1.29, 1.82) is 0 Å². The third-order valence-corrected chi connectivity index (χ3v) is 4.33. The second kappa shape index (κ2) is 7.40. The van der Waals surface area contributed by atoms with Crippen LogP contribution < -0.4 is 10.9 Å². The Morgan fingerprint density at radius 1 is 1.24 bits per heavy atom. The Bertz CT molecular complexity index is 630. The summed E-state index contributed by atoms with van der Waals surface area (Å²) in [6.45, 7) is 0.660. The largest absolute Gasteiger partial charge is 0.347 e. The number of amides is 1. The molecule has 110 valence electrons. The molecule has 1 heterocycles. The van der Waals surface area contributed by atoms with E-state index in [9.17, 15) is 4.79 Å². The summed E-state index contributed by atoms with van der Waals surface area (Å²) in [4.78, 5) is 14.2. The van der Waals surface area contributed by atoms with Gasteiger partial charge in [0, 0.05) is 13.6 Å². The fraction of sp³-hybridized carbons (Fsp3) is 0.143. The minimum Gasteiger partial charge on any atom is -0.347 e. The lowest BCUT2D eigenvalue weighted by atomic mass is 10.2. The zero-order chi connectivity index (χ0) is 15.2. The van der Waals surface area contributed by atoms with Crippen molar-refractivity contribution >= 4 is 46.2 Å². The molecule has 0 saturated carbocycles. The van der Waals surface area contributed by atoms with E-state index in [1.165, 1.54) is 11.3 Å². The molecule has 1 aromatic carbocycles. The van der Waals surface area contributed by atoms with Crippen molar-refractivity contribution in [3.8, 4) is 0 Å². The summed E-state index contributed by atoms with van der Waals surface area (Å²) in [7, 11) is 1.86. The third kappa shape index (κ3) is 4.70. The molecule has 2 aromatic rings. The van der Waals surface area contributed by atoms with Crippen LogP contribution in [0, 0.1) is 0 Å². The Hall–Kier alpha value is -1.63. The van der Waals surface area contributed by atoms with E-state index >= 15 is 0 Å². The van der Waals surface area contributed by atoms with Gasteiger partial charge >= 0.3 is 0 Å². The fourth-order valence-electron chi connectivity index (χ4n) is 1.63. The number of hydrogen-bond acceptors (Lipinski definition) is 3. The molecule has 2 N–H and O–H groups in total. The molecular weight excluding hydrogens is 326 g/mol. The number of hydrogen-bond donors (Lipinski definition) is 2. The highest BCUT2D eigenvalue weighted by molar-refractivity contribution is 7.80. The van der Waals surface area contributed by atoms with E-state index in [2.05, 4.69) is 10.9 Å². The zero-order valence-electron chi connectivity index (χ0n) is 11.3. The van der Waals surface area contributed by atoms with Gasteiger partial charge in [0.2, 0.25) is 0 Å². The number of benzene rings is 1. The van der Waals surface area contributed by atoms with E-state index in [-0.39, 0.29) is 5.91 Å². The molecule has 0 bridgehead atoms. The van der Waals surface area contributed by atoms with Crippen LogP contribution >= 0.6 is 35.2 Å². The molecule has 0 atom stereocenters. The molecule has 0 radical (unpaired) electrons. The summed E-state index contributed by atoms with van der Waals surface area (Å²) in [6.07, 6.45) is 0. The first-order chi connectivity index (χ1) is 10.1. The van der Waals surface area contributed by atoms with Crippen LogP contribution in [0.1, 0.15) is 15.2 Å². The minimum absolute atomic E-state index is 0.262. The smallest absolute Gasteiger partial charge is 0.279 e. The van der Waals surface area contributed by atoms with Gasteiger partial charge in [-0.05, 0) is 29.9 Å². The highest BCUT2D eigenvalue weighted by Crippen LogP contribution is 2.20. The van der Waals surface area contributed by atoms with Gasteiger partial charge in [-0.15, -0.1) is 11.3 Å². The molecule has 0 aliphatic rings. The number of thiocarbonyl (C=S) groups is 1. The van der Waals surface area contributed by atoms with E-state index in [0.717, 1.165) is 5.56 Å². The maximum absolute atomic E-state index is 11.8. The van der Waals surface area contributed by atoms with Gasteiger partial charge in [-0.25, -0.2) is 0 Å². The predicted molar refractivity (Wildman–Crippen MR) is 90.4 cm³/mol. The maximum atomic E-state index is 11.8. The van der Waals surface area contributed by atoms with Crippen LogP contribution in [-0.4, -0.2) is 23.0 Å². The van der Waals surface area contributed by atoms with Gasteiger partial charge in [0.1, 0.15) is 0 Å². The average Bonchev–Trinajstić information content (AvgIpc) is 2.92. The molecule has 0 aliphatic heterocycles. The number of thiophene rings is 1. The second-order valence-electron chi connectivity index (χ2n) is 4.33. The van der Waals surface area contributed by atoms with Crippen LogP contribution in [-0.2, 0) is 6.54 Å². The van der Waals surface area contributed by atoms with Crippen LogP contribution in [0.25, 0.3) is 0 Å². The van der Waals surface area contributed by atoms with Crippen LogP contribution in [0.5, 0.6) is 0 Å². The van der Waals surface area contributed by atoms with Crippen molar-refractivity contribution in [2.45, 2.75) is 6.54 Å². The van der Waals surface area contributed by atoms with Gasteiger partial charge in [-0.2, -0.15) is 0 Å². The molecule has 0 saturated heterocycles. The molecule has 2 rings (SSSR count). The molecule has 4 nitrogen and oxygen atoms in total. The standard InChI is InChI=1S/C14H14ClN3OS2/c1-18(9-10-5-3-2-4-6-10)14(20)17-16-13(19)11-7-8-12(15)21-11/h2-8H,9H2,1H3,(H,16,19)(H,17,20). The topological polar surface area (TPSA) is 44.4 Å². The summed E-state index contributed by atoms with van der Waals surface area (Å²) in [5.74, 6) is -0.262. The Balaban J connectivity index is 1.82.